The van der Waals surface area contributed by atoms with Gasteiger partial charge in [0.15, 0.2) is 17.7 Å². The molecule has 4 aromatic rings. The molecule has 1 atom stereocenters. The van der Waals surface area contributed by atoms with Gasteiger partial charge in [0.1, 0.15) is 29.1 Å². The van der Waals surface area contributed by atoms with Crippen molar-refractivity contribution in [3.05, 3.63) is 97.3 Å². The third-order valence-electron chi connectivity index (χ3n) is 4.81. The van der Waals surface area contributed by atoms with E-state index >= 15 is 0 Å². The lowest BCUT2D eigenvalue weighted by atomic mass is 10.1. The predicted octanol–water partition coefficient (Wildman–Crippen LogP) is -0.384. The van der Waals surface area contributed by atoms with E-state index in [1.54, 1.807) is 0 Å². The van der Waals surface area contributed by atoms with E-state index in [0.717, 1.165) is 35.1 Å². The number of aromatic hydroxyl groups is 1. The van der Waals surface area contributed by atoms with Crippen LogP contribution in [0.5, 0.6) is 5.75 Å². The first-order chi connectivity index (χ1) is 16.8. The summed E-state index contributed by atoms with van der Waals surface area (Å²) in [5.74, 6) is -1.02. The van der Waals surface area contributed by atoms with Crippen LogP contribution in [0.3, 0.4) is 0 Å². The van der Waals surface area contributed by atoms with Gasteiger partial charge < -0.3 is 30.1 Å². The van der Waals surface area contributed by atoms with Crippen LogP contribution in [0, 0.1) is 0 Å². The minimum atomic E-state index is -1.41. The maximum absolute atomic E-state index is 11.9. The summed E-state index contributed by atoms with van der Waals surface area (Å²) >= 11 is 0. The number of rotatable bonds is 3. The van der Waals surface area contributed by atoms with Crippen LogP contribution >= 0.6 is 0 Å². The van der Waals surface area contributed by atoms with Gasteiger partial charge in [-0.05, 0) is 5.56 Å². The molecule has 14 nitrogen and oxygen atoms in total. The standard InChI is InChI=1S/C14H11N3O4.C7H7N3O4/c18-10-6-11(19)17(13-12(10)14(20)16-8-15-13)21-7-9-4-2-1-3-5-9;11-3-1-4(12)10(14)6-5(3)7(13)9-2-8-6/h1-6,8,18H,7H2,(H,15,16,20);1-2,4,11-12,14H,(H,8,9,13). The van der Waals surface area contributed by atoms with Gasteiger partial charge in [0.05, 0.1) is 12.7 Å². The first-order valence-electron chi connectivity index (χ1n) is 9.92. The van der Waals surface area contributed by atoms with Crippen molar-refractivity contribution in [2.75, 3.05) is 5.06 Å². The fourth-order valence-electron chi connectivity index (χ4n) is 3.18. The molecular weight excluding hydrogens is 464 g/mol. The molecule has 35 heavy (non-hydrogen) atoms. The molecule has 1 aliphatic rings. The highest BCUT2D eigenvalue weighted by molar-refractivity contribution is 5.80. The highest BCUT2D eigenvalue weighted by atomic mass is 16.7. The SMILES string of the molecule is O=c1[nH]cnc2c1C(O)=CC(O)N2O.O=c1[nH]cnc2c1c(O)cc(=O)n2OCc1ccccc1. The number of benzene rings is 1. The van der Waals surface area contributed by atoms with Gasteiger partial charge in [-0.3, -0.25) is 19.6 Å². The van der Waals surface area contributed by atoms with E-state index in [0.29, 0.717) is 5.06 Å². The summed E-state index contributed by atoms with van der Waals surface area (Å²) in [5, 5.41) is 37.8. The van der Waals surface area contributed by atoms with Crippen LogP contribution < -0.4 is 26.6 Å². The Labute approximate surface area is 194 Å². The third kappa shape index (κ3) is 4.59. The van der Waals surface area contributed by atoms with Crippen molar-refractivity contribution in [1.29, 1.82) is 0 Å². The van der Waals surface area contributed by atoms with Gasteiger partial charge in [0, 0.05) is 12.1 Å². The van der Waals surface area contributed by atoms with E-state index in [1.807, 2.05) is 30.3 Å². The predicted molar refractivity (Wildman–Crippen MR) is 121 cm³/mol. The van der Waals surface area contributed by atoms with Gasteiger partial charge in [0.25, 0.3) is 16.7 Å². The summed E-state index contributed by atoms with van der Waals surface area (Å²) in [4.78, 5) is 52.4. The fraction of sp³-hybridized carbons (Fsp3) is 0.0952. The van der Waals surface area contributed by atoms with Crippen LogP contribution in [-0.4, -0.2) is 51.4 Å². The summed E-state index contributed by atoms with van der Waals surface area (Å²) in [7, 11) is 0. The van der Waals surface area contributed by atoms with E-state index in [2.05, 4.69) is 19.9 Å². The van der Waals surface area contributed by atoms with Crippen LogP contribution in [0.25, 0.3) is 16.8 Å². The summed E-state index contributed by atoms with van der Waals surface area (Å²) in [6, 6.07) is 10.2. The van der Waals surface area contributed by atoms with Crippen molar-refractivity contribution >= 4 is 22.6 Å². The van der Waals surface area contributed by atoms with Crippen LogP contribution in [0.2, 0.25) is 0 Å². The van der Waals surface area contributed by atoms with Gasteiger partial charge in [-0.2, -0.15) is 0 Å². The number of nitrogens with zero attached hydrogens (tertiary/aromatic N) is 4. The van der Waals surface area contributed by atoms with Gasteiger partial charge in [-0.25, -0.2) is 15.0 Å². The zero-order valence-corrected chi connectivity index (χ0v) is 17.7. The van der Waals surface area contributed by atoms with Crippen LogP contribution in [0.1, 0.15) is 11.1 Å². The van der Waals surface area contributed by atoms with Crippen LogP contribution in [0.15, 0.2) is 69.5 Å². The maximum Gasteiger partial charge on any atom is 0.288 e. The molecular formula is C21H18N6O8. The minimum Gasteiger partial charge on any atom is -0.507 e. The second kappa shape index (κ2) is 9.50. The number of hydrogen-bond donors (Lipinski definition) is 6. The molecule has 1 unspecified atom stereocenters. The molecule has 180 valence electrons. The molecule has 1 aromatic carbocycles. The number of anilines is 1. The average molecular weight is 482 g/mol. The number of fused-ring (bicyclic) bond motifs is 2. The first-order valence-corrected chi connectivity index (χ1v) is 9.92. The van der Waals surface area contributed by atoms with E-state index in [4.69, 9.17) is 4.84 Å². The molecule has 5 rings (SSSR count). The van der Waals surface area contributed by atoms with Gasteiger partial charge in [-0.1, -0.05) is 30.3 Å². The Bertz CT molecular complexity index is 1580. The highest BCUT2D eigenvalue weighted by Crippen LogP contribution is 2.25. The van der Waals surface area contributed by atoms with E-state index in [1.165, 1.54) is 0 Å². The second-order valence-corrected chi connectivity index (χ2v) is 7.09. The molecule has 1 aliphatic heterocycles. The lowest BCUT2D eigenvalue weighted by molar-refractivity contribution is 0.0942. The monoisotopic (exact) mass is 482 g/mol. The smallest absolute Gasteiger partial charge is 0.288 e. The largest absolute Gasteiger partial charge is 0.507 e. The molecule has 4 heterocycles. The summed E-state index contributed by atoms with van der Waals surface area (Å²) in [6.45, 7) is 0.134. The molecule has 6 N–H and O–H groups in total. The molecule has 0 spiro atoms. The van der Waals surface area contributed by atoms with Gasteiger partial charge in [-0.15, -0.1) is 4.73 Å². The van der Waals surface area contributed by atoms with Crippen molar-refractivity contribution in [2.45, 2.75) is 12.8 Å². The quantitative estimate of drug-likeness (QED) is 0.222. The number of nitrogens with one attached hydrogen (secondary N) is 2. The third-order valence-corrected chi connectivity index (χ3v) is 4.81. The lowest BCUT2D eigenvalue weighted by Crippen LogP contribution is -2.37. The summed E-state index contributed by atoms with van der Waals surface area (Å²) in [5.41, 5.74) is -1.08. The average Bonchev–Trinajstić information content (AvgIpc) is 2.83. The topological polar surface area (TPSA) is 207 Å². The van der Waals surface area contributed by atoms with Crippen molar-refractivity contribution in [1.82, 2.24) is 24.7 Å². The summed E-state index contributed by atoms with van der Waals surface area (Å²) < 4.78 is 0.900. The second-order valence-electron chi connectivity index (χ2n) is 7.09. The van der Waals surface area contributed by atoms with E-state index in [9.17, 15) is 34.9 Å². The Kier molecular flexibility index (Phi) is 6.30. The molecule has 0 bridgehead atoms. The van der Waals surface area contributed by atoms with Crippen LogP contribution in [-0.2, 0) is 6.61 Å². The van der Waals surface area contributed by atoms with Crippen molar-refractivity contribution < 1.29 is 25.4 Å². The Balaban J connectivity index is 0.000000179. The van der Waals surface area contributed by atoms with Crippen molar-refractivity contribution in [3.63, 3.8) is 0 Å². The van der Waals surface area contributed by atoms with Crippen LogP contribution in [0.4, 0.5) is 5.82 Å². The Morgan fingerprint density at radius 2 is 1.69 bits per heavy atom. The van der Waals surface area contributed by atoms with Gasteiger partial charge >= 0.3 is 0 Å². The molecule has 0 saturated carbocycles. The maximum atomic E-state index is 11.9. The number of hydrogen-bond acceptors (Lipinski definition) is 11. The minimum absolute atomic E-state index is 0.0281. The van der Waals surface area contributed by atoms with Crippen molar-refractivity contribution in [2.24, 2.45) is 0 Å². The number of aromatic nitrogens is 5. The molecule has 0 aliphatic carbocycles. The Morgan fingerprint density at radius 1 is 1.00 bits per heavy atom. The highest BCUT2D eigenvalue weighted by Gasteiger charge is 2.27. The molecule has 0 amide bonds. The molecule has 0 fully saturated rings. The van der Waals surface area contributed by atoms with E-state index < -0.39 is 34.4 Å². The Hall–Kier alpha value is -4.95. The summed E-state index contributed by atoms with van der Waals surface area (Å²) in [6.07, 6.45) is 1.73. The molecule has 3 aromatic heterocycles. The molecule has 0 saturated heterocycles. The Morgan fingerprint density at radius 3 is 2.43 bits per heavy atom. The van der Waals surface area contributed by atoms with E-state index in [-0.39, 0.29) is 29.0 Å². The first kappa shape index (κ1) is 23.2. The number of H-pyrrole nitrogens is 2. The number of aliphatic hydroxyl groups is 2. The van der Waals surface area contributed by atoms with Crippen molar-refractivity contribution in [3.8, 4) is 5.75 Å². The number of hydroxylamine groups is 1. The normalized spacial score (nSPS) is 14.5. The number of pyridine rings is 1. The lowest BCUT2D eigenvalue weighted by Gasteiger charge is -2.25. The zero-order valence-electron chi connectivity index (χ0n) is 17.7. The zero-order chi connectivity index (χ0) is 25.1. The molecule has 14 heteroatoms. The number of aromatic amines is 2. The molecule has 0 radical (unpaired) electrons. The fourth-order valence-corrected chi connectivity index (χ4v) is 3.18. The number of aliphatic hydroxyl groups excluding tert-OH is 2. The van der Waals surface area contributed by atoms with Gasteiger partial charge in [0.2, 0.25) is 0 Å².